The lowest BCUT2D eigenvalue weighted by Gasteiger charge is -1.98. The zero-order valence-corrected chi connectivity index (χ0v) is 5.33. The summed E-state index contributed by atoms with van der Waals surface area (Å²) in [6.07, 6.45) is -0.0104. The smallest absolute Gasteiger partial charge is 0.374 e. The number of hydrogen-bond donors (Lipinski definition) is 0. The summed E-state index contributed by atoms with van der Waals surface area (Å²) < 4.78 is 8.23. The highest BCUT2D eigenvalue weighted by Gasteiger charge is 1.98. The average Bonchev–Trinajstić information content (AvgIpc) is 1.87. The van der Waals surface area contributed by atoms with Crippen LogP contribution in [0.15, 0.2) is 0 Å². The maximum Gasteiger partial charge on any atom is 0.374 e. The van der Waals surface area contributed by atoms with Crippen molar-refractivity contribution in [3.05, 3.63) is 0 Å². The van der Waals surface area contributed by atoms with Crippen molar-refractivity contribution in [1.82, 2.24) is 0 Å². The minimum absolute atomic E-state index is 0.0104. The van der Waals surface area contributed by atoms with Crippen molar-refractivity contribution in [2.45, 2.75) is 6.92 Å². The third kappa shape index (κ3) is 4.76. The molecule has 10 heavy (non-hydrogen) atoms. The standard InChI is InChI=1S/C5H6O5/c1-4(7)9-3-10-5(8)2-6/h2H,3H2,1H3. The van der Waals surface area contributed by atoms with Crippen LogP contribution >= 0.6 is 0 Å². The molecule has 0 N–H and O–H groups in total. The molecular weight excluding hydrogens is 140 g/mol. The predicted molar refractivity (Wildman–Crippen MR) is 28.8 cm³/mol. The summed E-state index contributed by atoms with van der Waals surface area (Å²) in [5, 5.41) is 0. The van der Waals surface area contributed by atoms with E-state index in [0.717, 1.165) is 6.92 Å². The predicted octanol–water partition coefficient (Wildman–Crippen LogP) is -0.751. The molecule has 0 rings (SSSR count). The zero-order chi connectivity index (χ0) is 7.98. The van der Waals surface area contributed by atoms with E-state index in [9.17, 15) is 14.4 Å². The lowest BCUT2D eigenvalue weighted by Crippen LogP contribution is -2.10. The largest absolute Gasteiger partial charge is 0.428 e. The second-order valence-electron chi connectivity index (χ2n) is 1.33. The quantitative estimate of drug-likeness (QED) is 0.227. The van der Waals surface area contributed by atoms with Gasteiger partial charge in [-0.25, -0.2) is 4.79 Å². The fraction of sp³-hybridized carbons (Fsp3) is 0.400. The van der Waals surface area contributed by atoms with Gasteiger partial charge in [0, 0.05) is 6.92 Å². The van der Waals surface area contributed by atoms with Crippen LogP contribution in [0.2, 0.25) is 0 Å². The van der Waals surface area contributed by atoms with Crippen LogP contribution in [0.3, 0.4) is 0 Å². The van der Waals surface area contributed by atoms with Crippen molar-refractivity contribution in [2.75, 3.05) is 6.79 Å². The molecule has 0 aliphatic heterocycles. The summed E-state index contributed by atoms with van der Waals surface area (Å²) in [6.45, 7) is 0.654. The molecule has 0 saturated carbocycles. The van der Waals surface area contributed by atoms with Gasteiger partial charge in [-0.15, -0.1) is 0 Å². The molecule has 5 heteroatoms. The van der Waals surface area contributed by atoms with E-state index in [1.807, 2.05) is 0 Å². The van der Waals surface area contributed by atoms with Crippen molar-refractivity contribution in [1.29, 1.82) is 0 Å². The molecule has 0 heterocycles. The molecule has 0 aliphatic rings. The van der Waals surface area contributed by atoms with Gasteiger partial charge in [-0.3, -0.25) is 9.59 Å². The van der Waals surface area contributed by atoms with Gasteiger partial charge in [0.15, 0.2) is 0 Å². The molecule has 0 bridgehead atoms. The minimum atomic E-state index is -1.05. The van der Waals surface area contributed by atoms with Crippen molar-refractivity contribution < 1.29 is 23.9 Å². The van der Waals surface area contributed by atoms with E-state index in [-0.39, 0.29) is 6.29 Å². The summed E-state index contributed by atoms with van der Waals surface area (Å²) in [7, 11) is 0. The van der Waals surface area contributed by atoms with Crippen LogP contribution in [0.1, 0.15) is 6.92 Å². The highest BCUT2D eigenvalue weighted by atomic mass is 16.7. The Morgan fingerprint density at radius 1 is 1.40 bits per heavy atom. The fourth-order valence-corrected chi connectivity index (χ4v) is 0.205. The molecule has 0 aliphatic carbocycles. The topological polar surface area (TPSA) is 69.7 Å². The first-order valence-corrected chi connectivity index (χ1v) is 2.42. The molecule has 0 spiro atoms. The van der Waals surface area contributed by atoms with Crippen molar-refractivity contribution in [2.24, 2.45) is 0 Å². The Balaban J connectivity index is 3.28. The van der Waals surface area contributed by atoms with Gasteiger partial charge in [-0.1, -0.05) is 0 Å². The summed E-state index contributed by atoms with van der Waals surface area (Å²) >= 11 is 0. The van der Waals surface area contributed by atoms with Gasteiger partial charge in [0.05, 0.1) is 0 Å². The Morgan fingerprint density at radius 2 is 2.00 bits per heavy atom. The SMILES string of the molecule is CC(=O)OCOC(=O)C=O. The molecule has 0 unspecified atom stereocenters. The number of ether oxygens (including phenoxy) is 2. The lowest BCUT2D eigenvalue weighted by molar-refractivity contribution is -0.166. The second kappa shape index (κ2) is 4.49. The second-order valence-corrected chi connectivity index (χ2v) is 1.33. The zero-order valence-electron chi connectivity index (χ0n) is 5.33. The van der Waals surface area contributed by atoms with Crippen LogP contribution in [-0.2, 0) is 23.9 Å². The third-order valence-electron chi connectivity index (χ3n) is 0.560. The first-order valence-electron chi connectivity index (χ1n) is 2.42. The van der Waals surface area contributed by atoms with Crippen LogP contribution in [0.4, 0.5) is 0 Å². The molecule has 0 radical (unpaired) electrons. The first-order chi connectivity index (χ1) is 4.66. The molecule has 0 fully saturated rings. The van der Waals surface area contributed by atoms with Crippen LogP contribution in [-0.4, -0.2) is 25.0 Å². The number of carbonyl (C=O) groups is 3. The summed E-state index contributed by atoms with van der Waals surface area (Å²) in [5.74, 6) is -1.63. The first kappa shape index (κ1) is 8.61. The van der Waals surface area contributed by atoms with Crippen molar-refractivity contribution in [3.63, 3.8) is 0 Å². The number of rotatable bonds is 3. The number of carbonyl (C=O) groups excluding carboxylic acids is 3. The molecule has 0 aromatic heterocycles. The average molecular weight is 146 g/mol. The van der Waals surface area contributed by atoms with E-state index in [4.69, 9.17) is 0 Å². The van der Waals surface area contributed by atoms with Crippen LogP contribution < -0.4 is 0 Å². The van der Waals surface area contributed by atoms with Gasteiger partial charge in [0.2, 0.25) is 13.1 Å². The summed E-state index contributed by atoms with van der Waals surface area (Å²) in [4.78, 5) is 29.6. The maximum absolute atomic E-state index is 10.0. The highest BCUT2D eigenvalue weighted by Crippen LogP contribution is 1.78. The van der Waals surface area contributed by atoms with Crippen molar-refractivity contribution in [3.8, 4) is 0 Å². The van der Waals surface area contributed by atoms with Gasteiger partial charge in [0.25, 0.3) is 0 Å². The number of hydrogen-bond acceptors (Lipinski definition) is 5. The monoisotopic (exact) mass is 146 g/mol. The van der Waals surface area contributed by atoms with E-state index in [0.29, 0.717) is 0 Å². The van der Waals surface area contributed by atoms with Crippen LogP contribution in [0.25, 0.3) is 0 Å². The molecule has 5 nitrogen and oxygen atoms in total. The van der Waals surface area contributed by atoms with Gasteiger partial charge >= 0.3 is 11.9 Å². The van der Waals surface area contributed by atoms with E-state index in [2.05, 4.69) is 9.47 Å². The van der Waals surface area contributed by atoms with Gasteiger partial charge in [-0.05, 0) is 0 Å². The number of aldehydes is 1. The molecule has 0 aromatic rings. The maximum atomic E-state index is 10.0. The Kier molecular flexibility index (Phi) is 3.86. The van der Waals surface area contributed by atoms with E-state index >= 15 is 0 Å². The van der Waals surface area contributed by atoms with E-state index in [1.165, 1.54) is 0 Å². The third-order valence-corrected chi connectivity index (χ3v) is 0.560. The molecule has 0 aromatic carbocycles. The molecular formula is C5H6O5. The van der Waals surface area contributed by atoms with Crippen LogP contribution in [0.5, 0.6) is 0 Å². The van der Waals surface area contributed by atoms with Gasteiger partial charge < -0.3 is 9.47 Å². The van der Waals surface area contributed by atoms with Gasteiger partial charge in [-0.2, -0.15) is 0 Å². The molecule has 56 valence electrons. The Labute approximate surface area is 56.9 Å². The minimum Gasteiger partial charge on any atom is -0.428 e. The van der Waals surface area contributed by atoms with E-state index < -0.39 is 18.7 Å². The fourth-order valence-electron chi connectivity index (χ4n) is 0.205. The normalized spacial score (nSPS) is 8.10. The molecule has 0 amide bonds. The Hall–Kier alpha value is -1.39. The molecule has 0 saturated heterocycles. The van der Waals surface area contributed by atoms with Crippen molar-refractivity contribution >= 4 is 18.2 Å². The summed E-state index contributed by atoms with van der Waals surface area (Å²) in [6, 6.07) is 0. The lowest BCUT2D eigenvalue weighted by atomic mass is 10.8. The Bertz CT molecular complexity index is 150. The van der Waals surface area contributed by atoms with E-state index in [1.54, 1.807) is 0 Å². The Morgan fingerprint density at radius 3 is 2.40 bits per heavy atom. The van der Waals surface area contributed by atoms with Crippen LogP contribution in [0, 0.1) is 0 Å². The molecule has 0 atom stereocenters. The number of esters is 2. The summed E-state index contributed by atoms with van der Waals surface area (Å²) in [5.41, 5.74) is 0. The highest BCUT2D eigenvalue weighted by molar-refractivity contribution is 6.20. The van der Waals surface area contributed by atoms with Gasteiger partial charge in [0.1, 0.15) is 0 Å².